The average Bonchev–Trinajstić information content (AvgIpc) is 3.38. The van der Waals surface area contributed by atoms with Gasteiger partial charge in [-0.2, -0.15) is 0 Å². The molecule has 25 heavy (non-hydrogen) atoms. The van der Waals surface area contributed by atoms with Crippen LogP contribution in [0.5, 0.6) is 11.5 Å². The molecule has 2 aliphatic carbocycles. The molecule has 2 fully saturated rings. The number of benzene rings is 1. The lowest BCUT2D eigenvalue weighted by atomic mass is 9.66. The van der Waals surface area contributed by atoms with Gasteiger partial charge in [0.2, 0.25) is 5.91 Å². The van der Waals surface area contributed by atoms with Crippen LogP contribution in [0.2, 0.25) is 0 Å². The monoisotopic (exact) mass is 343 g/mol. The number of hydrogen-bond donors (Lipinski definition) is 0. The third-order valence-electron chi connectivity index (χ3n) is 6.69. The summed E-state index contributed by atoms with van der Waals surface area (Å²) in [6.45, 7) is 5.31. The molecule has 1 aliphatic heterocycles. The number of carbonyl (C=O) groups is 1. The van der Waals surface area contributed by atoms with Crippen molar-refractivity contribution < 1.29 is 14.3 Å². The van der Waals surface area contributed by atoms with E-state index < -0.39 is 0 Å². The van der Waals surface area contributed by atoms with Crippen molar-refractivity contribution in [3.05, 3.63) is 23.3 Å². The third kappa shape index (κ3) is 2.44. The maximum atomic E-state index is 13.2. The van der Waals surface area contributed by atoms with Crippen LogP contribution in [0.1, 0.15) is 50.7 Å². The van der Waals surface area contributed by atoms with Gasteiger partial charge in [-0.3, -0.25) is 4.79 Å². The molecule has 0 N–H and O–H groups in total. The molecule has 1 aromatic rings. The van der Waals surface area contributed by atoms with Gasteiger partial charge >= 0.3 is 0 Å². The molecule has 1 amide bonds. The molecule has 4 nitrogen and oxygen atoms in total. The molecule has 0 bridgehead atoms. The summed E-state index contributed by atoms with van der Waals surface area (Å²) in [5.74, 6) is 3.38. The first-order valence-electron chi connectivity index (χ1n) is 9.58. The van der Waals surface area contributed by atoms with Crippen molar-refractivity contribution in [3.8, 4) is 11.5 Å². The van der Waals surface area contributed by atoms with Crippen LogP contribution in [0, 0.1) is 17.8 Å². The highest BCUT2D eigenvalue weighted by Gasteiger charge is 2.54. The van der Waals surface area contributed by atoms with Gasteiger partial charge < -0.3 is 14.4 Å². The predicted molar refractivity (Wildman–Crippen MR) is 96.9 cm³/mol. The summed E-state index contributed by atoms with van der Waals surface area (Å²) < 4.78 is 11.0. The minimum Gasteiger partial charge on any atom is -0.493 e. The summed E-state index contributed by atoms with van der Waals surface area (Å²) in [6, 6.07) is 4.24. The van der Waals surface area contributed by atoms with Crippen molar-refractivity contribution in [1.29, 1.82) is 0 Å². The number of rotatable bonds is 4. The summed E-state index contributed by atoms with van der Waals surface area (Å²) >= 11 is 0. The Morgan fingerprint density at radius 3 is 2.40 bits per heavy atom. The lowest BCUT2D eigenvalue weighted by Gasteiger charge is -2.54. The zero-order chi connectivity index (χ0) is 17.8. The second kappa shape index (κ2) is 5.93. The molecule has 4 rings (SSSR count). The normalized spacial score (nSPS) is 26.2. The molecule has 3 aliphatic rings. The van der Waals surface area contributed by atoms with Crippen LogP contribution in [-0.2, 0) is 16.8 Å². The summed E-state index contributed by atoms with van der Waals surface area (Å²) in [7, 11) is 3.36. The van der Waals surface area contributed by atoms with Crippen LogP contribution >= 0.6 is 0 Å². The fourth-order valence-electron chi connectivity index (χ4n) is 4.96. The minimum absolute atomic E-state index is 0.103. The van der Waals surface area contributed by atoms with Gasteiger partial charge in [0.1, 0.15) is 0 Å². The van der Waals surface area contributed by atoms with Crippen LogP contribution in [0.15, 0.2) is 12.1 Å². The zero-order valence-electron chi connectivity index (χ0n) is 15.8. The number of carbonyl (C=O) groups excluding carboxylic acids is 1. The quantitative estimate of drug-likeness (QED) is 0.835. The summed E-state index contributed by atoms with van der Waals surface area (Å²) in [5.41, 5.74) is 2.50. The molecule has 0 saturated heterocycles. The topological polar surface area (TPSA) is 38.8 Å². The number of nitrogens with zero attached hydrogens (tertiary/aromatic N) is 1. The van der Waals surface area contributed by atoms with E-state index >= 15 is 0 Å². The second-order valence-electron chi connectivity index (χ2n) is 8.24. The molecular formula is C21H29NO3. The molecule has 0 aromatic heterocycles. The zero-order valence-corrected chi connectivity index (χ0v) is 15.8. The molecular weight excluding hydrogens is 314 g/mol. The van der Waals surface area contributed by atoms with Gasteiger partial charge in [0, 0.05) is 12.5 Å². The van der Waals surface area contributed by atoms with Gasteiger partial charge in [-0.1, -0.05) is 13.8 Å². The third-order valence-corrected chi connectivity index (χ3v) is 6.69. The molecule has 2 saturated carbocycles. The van der Waals surface area contributed by atoms with E-state index in [0.29, 0.717) is 17.7 Å². The summed E-state index contributed by atoms with van der Waals surface area (Å²) in [4.78, 5) is 15.5. The molecule has 0 unspecified atom stereocenters. The Morgan fingerprint density at radius 2 is 1.88 bits per heavy atom. The van der Waals surface area contributed by atoms with Crippen LogP contribution < -0.4 is 9.47 Å². The summed E-state index contributed by atoms with van der Waals surface area (Å²) in [5, 5.41) is 0. The van der Waals surface area contributed by atoms with Gasteiger partial charge in [0.15, 0.2) is 11.5 Å². The SMILES string of the molecule is COc1cc2c(cc1OC)C1(CCC1)N(C(=O)[C@@H]1C[C@H]1C(C)C)CC2. The van der Waals surface area contributed by atoms with Crippen molar-refractivity contribution in [1.82, 2.24) is 4.90 Å². The van der Waals surface area contributed by atoms with E-state index in [-0.39, 0.29) is 11.5 Å². The first-order valence-corrected chi connectivity index (χ1v) is 9.58. The van der Waals surface area contributed by atoms with Crippen molar-refractivity contribution in [2.75, 3.05) is 20.8 Å². The van der Waals surface area contributed by atoms with Crippen molar-refractivity contribution in [2.45, 2.75) is 51.5 Å². The number of ether oxygens (including phenoxy) is 2. The fraction of sp³-hybridized carbons (Fsp3) is 0.667. The average molecular weight is 343 g/mol. The summed E-state index contributed by atoms with van der Waals surface area (Å²) in [6.07, 6.45) is 5.31. The highest BCUT2D eigenvalue weighted by molar-refractivity contribution is 5.83. The Morgan fingerprint density at radius 1 is 1.20 bits per heavy atom. The molecule has 1 aromatic carbocycles. The maximum Gasteiger partial charge on any atom is 0.226 e. The fourth-order valence-corrected chi connectivity index (χ4v) is 4.96. The molecule has 0 radical (unpaired) electrons. The highest BCUT2D eigenvalue weighted by Crippen LogP contribution is 2.54. The van der Waals surface area contributed by atoms with Crippen LogP contribution in [0.3, 0.4) is 0 Å². The van der Waals surface area contributed by atoms with Gasteiger partial charge in [0.25, 0.3) is 0 Å². The number of hydrogen-bond acceptors (Lipinski definition) is 3. The number of fused-ring (bicyclic) bond motifs is 2. The van der Waals surface area contributed by atoms with E-state index in [0.717, 1.165) is 43.7 Å². The highest BCUT2D eigenvalue weighted by atomic mass is 16.5. The van der Waals surface area contributed by atoms with Crippen LogP contribution in [0.4, 0.5) is 0 Å². The molecule has 136 valence electrons. The Balaban J connectivity index is 1.69. The first kappa shape index (κ1) is 16.7. The van der Waals surface area contributed by atoms with Crippen molar-refractivity contribution >= 4 is 5.91 Å². The van der Waals surface area contributed by atoms with Crippen molar-refractivity contribution in [2.24, 2.45) is 17.8 Å². The molecule has 1 spiro atoms. The largest absolute Gasteiger partial charge is 0.493 e. The van der Waals surface area contributed by atoms with E-state index in [1.54, 1.807) is 14.2 Å². The smallest absolute Gasteiger partial charge is 0.226 e. The van der Waals surface area contributed by atoms with E-state index in [4.69, 9.17) is 9.47 Å². The van der Waals surface area contributed by atoms with E-state index in [2.05, 4.69) is 30.9 Å². The van der Waals surface area contributed by atoms with Gasteiger partial charge in [0.05, 0.1) is 19.8 Å². The maximum absolute atomic E-state index is 13.2. The number of amides is 1. The minimum atomic E-state index is -0.103. The molecule has 1 heterocycles. The lowest BCUT2D eigenvalue weighted by Crippen LogP contribution is -2.57. The van der Waals surface area contributed by atoms with Crippen LogP contribution in [-0.4, -0.2) is 31.6 Å². The Kier molecular flexibility index (Phi) is 3.97. The van der Waals surface area contributed by atoms with E-state index in [1.807, 2.05) is 0 Å². The second-order valence-corrected chi connectivity index (χ2v) is 8.24. The Bertz CT molecular complexity index is 693. The predicted octanol–water partition coefficient (Wildman–Crippen LogP) is 3.76. The Hall–Kier alpha value is -1.71. The van der Waals surface area contributed by atoms with Crippen molar-refractivity contribution in [3.63, 3.8) is 0 Å². The van der Waals surface area contributed by atoms with Gasteiger partial charge in [-0.25, -0.2) is 0 Å². The van der Waals surface area contributed by atoms with Gasteiger partial charge in [-0.15, -0.1) is 0 Å². The van der Waals surface area contributed by atoms with E-state index in [9.17, 15) is 4.79 Å². The molecule has 4 heteroatoms. The number of methoxy groups -OCH3 is 2. The van der Waals surface area contributed by atoms with Gasteiger partial charge in [-0.05, 0) is 67.2 Å². The first-order chi connectivity index (χ1) is 12.0. The van der Waals surface area contributed by atoms with Crippen LogP contribution in [0.25, 0.3) is 0 Å². The van der Waals surface area contributed by atoms with E-state index in [1.165, 1.54) is 17.5 Å². The molecule has 2 atom stereocenters. The lowest BCUT2D eigenvalue weighted by molar-refractivity contribution is -0.145. The standard InChI is InChI=1S/C21H29NO3/c1-13(2)15-11-16(15)20(23)22-9-6-14-10-18(24-3)19(25-4)12-17(14)21(22)7-5-8-21/h10,12-13,15-16H,5-9,11H2,1-4H3/t15-,16+/m0/s1. The Labute approximate surface area is 150 Å².